The minimum absolute atomic E-state index is 0.432. The van der Waals surface area contributed by atoms with E-state index in [9.17, 15) is 0 Å². The molecular weight excluding hydrogens is 206 g/mol. The molecule has 1 rings (SSSR count). The van der Waals surface area contributed by atoms with Gasteiger partial charge in [-0.25, -0.2) is 0 Å². The largest absolute Gasteiger partial charge is 0.320 e. The van der Waals surface area contributed by atoms with E-state index in [4.69, 9.17) is 0 Å². The molecule has 0 saturated heterocycles. The summed E-state index contributed by atoms with van der Waals surface area (Å²) in [7, 11) is 2.03. The van der Waals surface area contributed by atoms with Crippen LogP contribution >= 0.6 is 0 Å². The van der Waals surface area contributed by atoms with Gasteiger partial charge in [0, 0.05) is 0 Å². The molecule has 1 heteroatoms. The van der Waals surface area contributed by atoms with Crippen LogP contribution in [-0.2, 0) is 6.42 Å². The highest BCUT2D eigenvalue weighted by atomic mass is 14.8. The van der Waals surface area contributed by atoms with Gasteiger partial charge in [0.1, 0.15) is 0 Å². The Kier molecular flexibility index (Phi) is 5.20. The van der Waals surface area contributed by atoms with Crippen molar-refractivity contribution in [1.29, 1.82) is 0 Å². The van der Waals surface area contributed by atoms with Crippen molar-refractivity contribution in [3.8, 4) is 0 Å². The van der Waals surface area contributed by atoms with E-state index in [0.717, 1.165) is 6.54 Å². The molecule has 0 radical (unpaired) electrons. The van der Waals surface area contributed by atoms with Gasteiger partial charge in [-0.2, -0.15) is 0 Å². The van der Waals surface area contributed by atoms with Crippen LogP contribution in [0.3, 0.4) is 0 Å². The second-order valence-electron chi connectivity index (χ2n) is 5.94. The van der Waals surface area contributed by atoms with Crippen LogP contribution in [0.4, 0.5) is 0 Å². The van der Waals surface area contributed by atoms with E-state index in [1.807, 2.05) is 7.05 Å². The lowest BCUT2D eigenvalue weighted by molar-refractivity contribution is 0.305. The Morgan fingerprint density at radius 2 is 1.76 bits per heavy atom. The number of hydrogen-bond acceptors (Lipinski definition) is 1. The average Bonchev–Trinajstić information content (AvgIpc) is 2.28. The molecule has 0 atom stereocenters. The van der Waals surface area contributed by atoms with Crippen LogP contribution in [0.2, 0.25) is 0 Å². The highest BCUT2D eigenvalue weighted by Crippen LogP contribution is 2.26. The van der Waals surface area contributed by atoms with Crippen molar-refractivity contribution in [2.45, 2.75) is 47.0 Å². The van der Waals surface area contributed by atoms with E-state index >= 15 is 0 Å². The highest BCUT2D eigenvalue weighted by molar-refractivity contribution is 5.29. The third kappa shape index (κ3) is 4.91. The fourth-order valence-electron chi connectivity index (χ4n) is 2.03. The predicted molar refractivity (Wildman–Crippen MR) is 76.6 cm³/mol. The summed E-state index contributed by atoms with van der Waals surface area (Å²) in [6.45, 7) is 10.2. The van der Waals surface area contributed by atoms with E-state index in [1.165, 1.54) is 36.0 Å². The number of aryl methyl sites for hydroxylation is 3. The fourth-order valence-corrected chi connectivity index (χ4v) is 2.03. The molecule has 0 saturated carbocycles. The average molecular weight is 233 g/mol. The van der Waals surface area contributed by atoms with Gasteiger partial charge in [-0.15, -0.1) is 0 Å². The molecule has 1 nitrogen and oxygen atoms in total. The summed E-state index contributed by atoms with van der Waals surface area (Å²) >= 11 is 0. The molecule has 0 aromatic heterocycles. The van der Waals surface area contributed by atoms with Gasteiger partial charge < -0.3 is 5.32 Å². The molecule has 17 heavy (non-hydrogen) atoms. The maximum Gasteiger partial charge on any atom is -0.00468 e. The van der Waals surface area contributed by atoms with E-state index in [2.05, 4.69) is 51.2 Å². The van der Waals surface area contributed by atoms with E-state index in [1.54, 1.807) is 0 Å². The molecule has 0 spiro atoms. The first-order chi connectivity index (χ1) is 7.94. The molecule has 0 unspecified atom stereocenters. The second kappa shape index (κ2) is 6.20. The van der Waals surface area contributed by atoms with Gasteiger partial charge in [-0.3, -0.25) is 0 Å². The summed E-state index contributed by atoms with van der Waals surface area (Å²) in [4.78, 5) is 0. The minimum Gasteiger partial charge on any atom is -0.320 e. The second-order valence-corrected chi connectivity index (χ2v) is 5.94. The molecule has 0 aliphatic rings. The fraction of sp³-hybridized carbons (Fsp3) is 0.625. The zero-order valence-corrected chi connectivity index (χ0v) is 12.1. The van der Waals surface area contributed by atoms with Crippen LogP contribution in [0.5, 0.6) is 0 Å². The van der Waals surface area contributed by atoms with Gasteiger partial charge in [-0.05, 0) is 68.8 Å². The minimum atomic E-state index is 0.432. The monoisotopic (exact) mass is 233 g/mol. The van der Waals surface area contributed by atoms with Crippen LogP contribution in [0.1, 0.15) is 43.4 Å². The van der Waals surface area contributed by atoms with Crippen molar-refractivity contribution < 1.29 is 0 Å². The molecule has 0 bridgehead atoms. The molecule has 1 aromatic rings. The summed E-state index contributed by atoms with van der Waals surface area (Å²) < 4.78 is 0. The molecule has 0 aliphatic heterocycles. The third-order valence-corrected chi connectivity index (χ3v) is 3.71. The summed E-state index contributed by atoms with van der Waals surface area (Å²) in [5, 5.41) is 3.24. The zero-order chi connectivity index (χ0) is 12.9. The normalized spacial score (nSPS) is 11.8. The van der Waals surface area contributed by atoms with Crippen LogP contribution in [0.25, 0.3) is 0 Å². The Balaban J connectivity index is 2.51. The molecule has 0 amide bonds. The van der Waals surface area contributed by atoms with Crippen LogP contribution < -0.4 is 5.32 Å². The molecule has 1 N–H and O–H groups in total. The first kappa shape index (κ1) is 14.2. The topological polar surface area (TPSA) is 12.0 Å². The molecule has 0 aliphatic carbocycles. The van der Waals surface area contributed by atoms with Crippen LogP contribution in [0.15, 0.2) is 18.2 Å². The summed E-state index contributed by atoms with van der Waals surface area (Å²) in [5.74, 6) is 0. The van der Waals surface area contributed by atoms with Crippen molar-refractivity contribution in [3.63, 3.8) is 0 Å². The Morgan fingerprint density at radius 1 is 1.06 bits per heavy atom. The smallest absolute Gasteiger partial charge is 0.00468 e. The van der Waals surface area contributed by atoms with Gasteiger partial charge in [0.05, 0.1) is 0 Å². The van der Waals surface area contributed by atoms with E-state index in [0.29, 0.717) is 5.41 Å². The summed E-state index contributed by atoms with van der Waals surface area (Å²) in [6, 6.07) is 6.85. The van der Waals surface area contributed by atoms with Crippen LogP contribution in [0, 0.1) is 19.3 Å². The Labute approximate surface area is 107 Å². The Hall–Kier alpha value is -0.820. The lowest BCUT2D eigenvalue weighted by Crippen LogP contribution is -2.20. The maximum absolute atomic E-state index is 3.24. The van der Waals surface area contributed by atoms with Crippen molar-refractivity contribution >= 4 is 0 Å². The van der Waals surface area contributed by atoms with Gasteiger partial charge in [0.15, 0.2) is 0 Å². The standard InChI is InChI=1S/C16H27N/c1-13-6-7-15(12-14(13)2)8-9-16(3,4)10-11-17-5/h6-7,12,17H,8-11H2,1-5H3. The summed E-state index contributed by atoms with van der Waals surface area (Å²) in [5.41, 5.74) is 4.71. The van der Waals surface area contributed by atoms with E-state index in [-0.39, 0.29) is 0 Å². The predicted octanol–water partition coefficient (Wildman–Crippen LogP) is 3.87. The number of nitrogens with one attached hydrogen (secondary N) is 1. The molecule has 0 fully saturated rings. The van der Waals surface area contributed by atoms with Crippen molar-refractivity contribution in [1.82, 2.24) is 5.32 Å². The van der Waals surface area contributed by atoms with E-state index < -0.39 is 0 Å². The van der Waals surface area contributed by atoms with Gasteiger partial charge in [0.25, 0.3) is 0 Å². The number of hydrogen-bond donors (Lipinski definition) is 1. The SMILES string of the molecule is CNCCC(C)(C)CCc1ccc(C)c(C)c1. The number of benzene rings is 1. The summed E-state index contributed by atoms with van der Waals surface area (Å²) in [6.07, 6.45) is 3.70. The maximum atomic E-state index is 3.24. The highest BCUT2D eigenvalue weighted by Gasteiger charge is 2.16. The van der Waals surface area contributed by atoms with Crippen molar-refractivity contribution in [3.05, 3.63) is 34.9 Å². The Morgan fingerprint density at radius 3 is 2.35 bits per heavy atom. The van der Waals surface area contributed by atoms with Crippen molar-refractivity contribution in [2.75, 3.05) is 13.6 Å². The quantitative estimate of drug-likeness (QED) is 0.786. The molecule has 1 aromatic carbocycles. The third-order valence-electron chi connectivity index (χ3n) is 3.71. The number of rotatable bonds is 6. The zero-order valence-electron chi connectivity index (χ0n) is 12.1. The first-order valence-electron chi connectivity index (χ1n) is 6.65. The lowest BCUT2D eigenvalue weighted by Gasteiger charge is -2.24. The molecular formula is C16H27N. The van der Waals surface area contributed by atoms with Crippen LogP contribution in [-0.4, -0.2) is 13.6 Å². The first-order valence-corrected chi connectivity index (χ1v) is 6.65. The van der Waals surface area contributed by atoms with Gasteiger partial charge >= 0.3 is 0 Å². The molecule has 96 valence electrons. The molecule has 0 heterocycles. The Bertz CT molecular complexity index is 353. The van der Waals surface area contributed by atoms with Gasteiger partial charge in [0.2, 0.25) is 0 Å². The van der Waals surface area contributed by atoms with Crippen molar-refractivity contribution in [2.24, 2.45) is 5.41 Å². The van der Waals surface area contributed by atoms with Gasteiger partial charge in [-0.1, -0.05) is 32.0 Å². The lowest BCUT2D eigenvalue weighted by atomic mass is 9.83.